The van der Waals surface area contributed by atoms with E-state index in [9.17, 15) is 0 Å². The quantitative estimate of drug-likeness (QED) is 0.691. The predicted octanol–water partition coefficient (Wildman–Crippen LogP) is 4.40. The molecule has 0 aromatic heterocycles. The molecule has 1 heteroatoms. The number of allylic oxidation sites excluding steroid dienone is 5. The minimum Gasteiger partial charge on any atom is -0.363 e. The van der Waals surface area contributed by atoms with Crippen LogP contribution >= 0.6 is 0 Å². The summed E-state index contributed by atoms with van der Waals surface area (Å²) in [5.74, 6) is 1.25. The molecule has 1 nitrogen and oxygen atoms in total. The molecule has 0 aromatic rings. The summed E-state index contributed by atoms with van der Waals surface area (Å²) in [5, 5.41) is 3.54. The first-order chi connectivity index (χ1) is 7.52. The molecule has 1 rings (SSSR count). The molecule has 2 unspecified atom stereocenters. The Bertz CT molecular complexity index is 309. The summed E-state index contributed by atoms with van der Waals surface area (Å²) < 4.78 is 0. The zero-order chi connectivity index (χ0) is 12.1. The first-order valence-electron chi connectivity index (χ1n) is 6.35. The summed E-state index contributed by atoms with van der Waals surface area (Å²) in [5.41, 5.74) is 4.05. The second kappa shape index (κ2) is 5.93. The summed E-state index contributed by atoms with van der Waals surface area (Å²) in [6, 6.07) is 0. The van der Waals surface area contributed by atoms with E-state index in [0.29, 0.717) is 11.8 Å². The Balaban J connectivity index is 2.60. The van der Waals surface area contributed by atoms with Crippen LogP contribution in [0.4, 0.5) is 0 Å². The molecule has 1 aliphatic heterocycles. The Hall–Kier alpha value is -0.980. The highest BCUT2D eigenvalue weighted by Gasteiger charge is 2.19. The average molecular weight is 219 g/mol. The molecule has 90 valence electrons. The van der Waals surface area contributed by atoms with Crippen LogP contribution in [0.25, 0.3) is 0 Å². The molecule has 0 bridgehead atoms. The van der Waals surface area contributed by atoms with Crippen LogP contribution in [0.2, 0.25) is 0 Å². The molecule has 0 amide bonds. The van der Waals surface area contributed by atoms with Gasteiger partial charge in [-0.15, -0.1) is 6.58 Å². The minimum atomic E-state index is 0.591. The molecule has 0 aromatic carbocycles. The van der Waals surface area contributed by atoms with Crippen LogP contribution in [0.15, 0.2) is 35.7 Å². The number of hydrogen-bond donors (Lipinski definition) is 1. The highest BCUT2D eigenvalue weighted by molar-refractivity contribution is 5.23. The van der Waals surface area contributed by atoms with E-state index in [2.05, 4.69) is 51.7 Å². The molecule has 1 aliphatic rings. The first-order valence-corrected chi connectivity index (χ1v) is 6.35. The monoisotopic (exact) mass is 219 g/mol. The van der Waals surface area contributed by atoms with Gasteiger partial charge in [-0.2, -0.15) is 0 Å². The molecule has 1 saturated heterocycles. The third-order valence-corrected chi connectivity index (χ3v) is 2.94. The highest BCUT2D eigenvalue weighted by Crippen LogP contribution is 2.27. The van der Waals surface area contributed by atoms with Gasteiger partial charge in [-0.25, -0.2) is 0 Å². The van der Waals surface area contributed by atoms with Crippen molar-refractivity contribution in [1.29, 1.82) is 0 Å². The van der Waals surface area contributed by atoms with Crippen molar-refractivity contribution in [3.8, 4) is 0 Å². The third-order valence-electron chi connectivity index (χ3n) is 2.94. The van der Waals surface area contributed by atoms with Crippen LogP contribution in [-0.2, 0) is 0 Å². The molecule has 1 N–H and O–H groups in total. The fourth-order valence-electron chi connectivity index (χ4n) is 2.33. The highest BCUT2D eigenvalue weighted by atomic mass is 14.9. The fourth-order valence-corrected chi connectivity index (χ4v) is 2.33. The molecule has 0 spiro atoms. The summed E-state index contributed by atoms with van der Waals surface area (Å²) in [6.45, 7) is 12.8. The second-order valence-corrected chi connectivity index (χ2v) is 5.13. The van der Waals surface area contributed by atoms with Crippen LogP contribution in [-0.4, -0.2) is 0 Å². The van der Waals surface area contributed by atoms with Crippen LogP contribution in [0.1, 0.15) is 47.0 Å². The molecular weight excluding hydrogens is 194 g/mol. The van der Waals surface area contributed by atoms with Gasteiger partial charge in [-0.05, 0) is 32.1 Å². The lowest BCUT2D eigenvalue weighted by Gasteiger charge is -2.07. The molecule has 0 radical (unpaired) electrons. The maximum Gasteiger partial charge on any atom is 0.0140 e. The molecule has 2 atom stereocenters. The van der Waals surface area contributed by atoms with Gasteiger partial charge in [-0.1, -0.05) is 38.5 Å². The van der Waals surface area contributed by atoms with Gasteiger partial charge in [0.2, 0.25) is 0 Å². The molecule has 1 heterocycles. The van der Waals surface area contributed by atoms with Gasteiger partial charge in [0.15, 0.2) is 0 Å². The van der Waals surface area contributed by atoms with Crippen molar-refractivity contribution in [3.05, 3.63) is 35.7 Å². The standard InChI is InChI=1S/C15H25N/c1-6-7-15-13(5)10-14(16-15)9-12(4)8-11(2)3/h7,9,12-13,16H,2,6,8,10H2,1,3-5H3/b14-9-,15-7-. The largest absolute Gasteiger partial charge is 0.363 e. The lowest BCUT2D eigenvalue weighted by molar-refractivity contribution is 0.696. The van der Waals surface area contributed by atoms with Crippen LogP contribution in [0.3, 0.4) is 0 Å². The van der Waals surface area contributed by atoms with E-state index >= 15 is 0 Å². The van der Waals surface area contributed by atoms with Crippen molar-refractivity contribution in [2.75, 3.05) is 0 Å². The van der Waals surface area contributed by atoms with E-state index in [1.165, 1.54) is 17.0 Å². The lowest BCUT2D eigenvalue weighted by Crippen LogP contribution is -2.06. The van der Waals surface area contributed by atoms with Gasteiger partial charge in [0.1, 0.15) is 0 Å². The summed E-state index contributed by atoms with van der Waals surface area (Å²) in [7, 11) is 0. The Morgan fingerprint density at radius 3 is 2.88 bits per heavy atom. The van der Waals surface area contributed by atoms with Gasteiger partial charge >= 0.3 is 0 Å². The number of hydrogen-bond acceptors (Lipinski definition) is 1. The fraction of sp³-hybridized carbons (Fsp3) is 0.600. The van der Waals surface area contributed by atoms with Gasteiger partial charge in [-0.3, -0.25) is 0 Å². The molecular formula is C15H25N. The minimum absolute atomic E-state index is 0.591. The second-order valence-electron chi connectivity index (χ2n) is 5.13. The van der Waals surface area contributed by atoms with E-state index in [-0.39, 0.29) is 0 Å². The van der Waals surface area contributed by atoms with Crippen LogP contribution < -0.4 is 5.32 Å². The topological polar surface area (TPSA) is 12.0 Å². The normalized spacial score (nSPS) is 27.1. The van der Waals surface area contributed by atoms with Crippen molar-refractivity contribution >= 4 is 0 Å². The van der Waals surface area contributed by atoms with Gasteiger partial charge in [0.05, 0.1) is 0 Å². The molecule has 0 aliphatic carbocycles. The summed E-state index contributed by atoms with van der Waals surface area (Å²) >= 11 is 0. The Morgan fingerprint density at radius 2 is 2.31 bits per heavy atom. The Kier molecular flexibility index (Phi) is 4.85. The number of rotatable bonds is 4. The van der Waals surface area contributed by atoms with Crippen molar-refractivity contribution in [1.82, 2.24) is 5.32 Å². The Morgan fingerprint density at radius 1 is 1.62 bits per heavy atom. The van der Waals surface area contributed by atoms with Crippen molar-refractivity contribution < 1.29 is 0 Å². The molecule has 1 fully saturated rings. The smallest absolute Gasteiger partial charge is 0.0140 e. The van der Waals surface area contributed by atoms with Crippen molar-refractivity contribution in [2.45, 2.75) is 47.0 Å². The lowest BCUT2D eigenvalue weighted by atomic mass is 10.0. The van der Waals surface area contributed by atoms with Crippen LogP contribution in [0.5, 0.6) is 0 Å². The average Bonchev–Trinajstić information content (AvgIpc) is 2.45. The first kappa shape index (κ1) is 13.1. The van der Waals surface area contributed by atoms with E-state index in [1.54, 1.807) is 0 Å². The zero-order valence-corrected chi connectivity index (χ0v) is 11.1. The SMILES string of the molecule is C=C(C)CC(C)/C=C1/CC(C)/C(=C/CC)N1. The van der Waals surface area contributed by atoms with Gasteiger partial charge < -0.3 is 5.32 Å². The summed E-state index contributed by atoms with van der Waals surface area (Å²) in [4.78, 5) is 0. The van der Waals surface area contributed by atoms with E-state index in [0.717, 1.165) is 19.3 Å². The van der Waals surface area contributed by atoms with E-state index in [1.807, 2.05) is 0 Å². The summed E-state index contributed by atoms with van der Waals surface area (Å²) in [6.07, 6.45) is 8.02. The van der Waals surface area contributed by atoms with Crippen LogP contribution in [0, 0.1) is 11.8 Å². The molecule has 0 saturated carbocycles. The van der Waals surface area contributed by atoms with Crippen molar-refractivity contribution in [2.24, 2.45) is 11.8 Å². The predicted molar refractivity (Wildman–Crippen MR) is 72.0 cm³/mol. The zero-order valence-electron chi connectivity index (χ0n) is 11.1. The number of nitrogens with one attached hydrogen (secondary N) is 1. The van der Waals surface area contributed by atoms with Gasteiger partial charge in [0.25, 0.3) is 0 Å². The van der Waals surface area contributed by atoms with Gasteiger partial charge in [0, 0.05) is 17.3 Å². The molecule has 16 heavy (non-hydrogen) atoms. The Labute approximate surface area is 100 Å². The maximum atomic E-state index is 3.97. The van der Waals surface area contributed by atoms with Crippen molar-refractivity contribution in [3.63, 3.8) is 0 Å². The maximum absolute atomic E-state index is 3.97. The third kappa shape index (κ3) is 3.88. The van der Waals surface area contributed by atoms with E-state index in [4.69, 9.17) is 0 Å². The van der Waals surface area contributed by atoms with E-state index < -0.39 is 0 Å².